The summed E-state index contributed by atoms with van der Waals surface area (Å²) in [6.07, 6.45) is 3.12. The molecule has 6 nitrogen and oxygen atoms in total. The molecule has 1 amide bonds. The molecule has 1 aromatic heterocycles. The molecule has 0 saturated heterocycles. The van der Waals surface area contributed by atoms with Crippen LogP contribution >= 0.6 is 0 Å². The number of likely N-dealkylation sites (N-methyl/N-ethyl adjacent to an activating group) is 1. The van der Waals surface area contributed by atoms with Crippen LogP contribution in [0, 0.1) is 0 Å². The van der Waals surface area contributed by atoms with Crippen LogP contribution in [-0.2, 0) is 21.5 Å². The van der Waals surface area contributed by atoms with Gasteiger partial charge in [0.05, 0.1) is 12.7 Å². The number of carboxylic acids is 1. The van der Waals surface area contributed by atoms with Crippen LogP contribution in [0.5, 0.6) is 0 Å². The molecular weight excluding hydrogens is 402 g/mol. The van der Waals surface area contributed by atoms with Gasteiger partial charge in [0.25, 0.3) is 0 Å². The molecule has 1 N–H and O–H groups in total. The molecule has 6 heteroatoms. The Labute approximate surface area is 186 Å². The van der Waals surface area contributed by atoms with E-state index >= 15 is 0 Å². The van der Waals surface area contributed by atoms with E-state index in [4.69, 9.17) is 0 Å². The Morgan fingerprint density at radius 2 is 1.69 bits per heavy atom. The number of carbonyl (C=O) groups excluding carboxylic acids is 1. The van der Waals surface area contributed by atoms with Crippen LogP contribution in [0.4, 0.5) is 5.69 Å². The molecule has 162 valence electrons. The molecule has 0 radical (unpaired) electrons. The Bertz CT molecular complexity index is 1270. The number of carboxylic acid groups (broad SMARTS) is 1. The van der Waals surface area contributed by atoms with Gasteiger partial charge in [0, 0.05) is 24.0 Å². The van der Waals surface area contributed by atoms with Gasteiger partial charge in [-0.1, -0.05) is 60.7 Å². The second kappa shape index (κ2) is 8.67. The summed E-state index contributed by atoms with van der Waals surface area (Å²) in [7, 11) is 0. The van der Waals surface area contributed by atoms with Crippen LogP contribution in [0.3, 0.4) is 0 Å². The predicted molar refractivity (Wildman–Crippen MR) is 125 cm³/mol. The van der Waals surface area contributed by atoms with E-state index in [1.807, 2.05) is 79.7 Å². The average molecular weight is 428 g/mol. The number of benzene rings is 3. The number of nitrogens with zero attached hydrogens (tertiary/aromatic N) is 3. The lowest BCUT2D eigenvalue weighted by Crippen LogP contribution is -2.50. The van der Waals surface area contributed by atoms with Crippen molar-refractivity contribution >= 4 is 28.3 Å². The summed E-state index contributed by atoms with van der Waals surface area (Å²) in [5, 5.41) is 16.5. The van der Waals surface area contributed by atoms with Gasteiger partial charge in [-0.05, 0) is 42.3 Å². The zero-order chi connectivity index (χ0) is 22.7. The zero-order valence-electron chi connectivity index (χ0n) is 18.1. The summed E-state index contributed by atoms with van der Waals surface area (Å²) < 4.78 is 1.66. The van der Waals surface area contributed by atoms with Crippen molar-refractivity contribution in [1.29, 1.82) is 0 Å². The maximum atomic E-state index is 13.7. The molecule has 0 aliphatic carbocycles. The van der Waals surface area contributed by atoms with E-state index in [2.05, 4.69) is 5.10 Å². The van der Waals surface area contributed by atoms with Gasteiger partial charge in [-0.3, -0.25) is 14.3 Å². The highest BCUT2D eigenvalue weighted by molar-refractivity contribution is 6.14. The number of hydrogen-bond donors (Lipinski definition) is 1. The summed E-state index contributed by atoms with van der Waals surface area (Å²) in [6, 6.07) is 23.3. The molecule has 1 unspecified atom stereocenters. The van der Waals surface area contributed by atoms with Gasteiger partial charge in [-0.2, -0.15) is 5.10 Å². The van der Waals surface area contributed by atoms with Gasteiger partial charge in [0.1, 0.15) is 0 Å². The van der Waals surface area contributed by atoms with E-state index in [1.165, 1.54) is 18.0 Å². The maximum absolute atomic E-state index is 13.7. The van der Waals surface area contributed by atoms with Crippen molar-refractivity contribution in [3.63, 3.8) is 0 Å². The molecule has 4 rings (SSSR count). The van der Waals surface area contributed by atoms with Crippen LogP contribution in [0.15, 0.2) is 85.2 Å². The third-order valence-corrected chi connectivity index (χ3v) is 5.86. The fourth-order valence-corrected chi connectivity index (χ4v) is 3.88. The Hall–Kier alpha value is -3.93. The van der Waals surface area contributed by atoms with Gasteiger partial charge in [-0.25, -0.2) is 0 Å². The first kappa shape index (κ1) is 21.3. The number of carbonyl (C=O) groups is 2. The Morgan fingerprint density at radius 3 is 2.38 bits per heavy atom. The molecule has 1 atom stereocenters. The summed E-state index contributed by atoms with van der Waals surface area (Å²) in [5.41, 5.74) is 0.290. The minimum Gasteiger partial charge on any atom is -0.480 e. The summed E-state index contributed by atoms with van der Waals surface area (Å²) >= 11 is 0. The molecular formula is C26H25N3O3. The second-order valence-corrected chi connectivity index (χ2v) is 7.92. The molecule has 0 saturated carbocycles. The number of amides is 1. The number of anilines is 1. The van der Waals surface area contributed by atoms with E-state index in [-0.39, 0.29) is 0 Å². The first-order valence-corrected chi connectivity index (χ1v) is 10.5. The van der Waals surface area contributed by atoms with Crippen LogP contribution in [0.1, 0.15) is 25.0 Å². The largest absolute Gasteiger partial charge is 0.480 e. The molecule has 0 bridgehead atoms. The van der Waals surface area contributed by atoms with Crippen molar-refractivity contribution in [3.05, 3.63) is 96.3 Å². The second-order valence-electron chi connectivity index (χ2n) is 7.92. The first-order valence-electron chi connectivity index (χ1n) is 10.5. The summed E-state index contributed by atoms with van der Waals surface area (Å²) in [4.78, 5) is 27.6. The summed E-state index contributed by atoms with van der Waals surface area (Å²) in [5.74, 6) is -1.71. The van der Waals surface area contributed by atoms with Gasteiger partial charge in [0.2, 0.25) is 5.91 Å². The van der Waals surface area contributed by atoms with Crippen molar-refractivity contribution in [1.82, 2.24) is 9.78 Å². The number of hydrogen-bond acceptors (Lipinski definition) is 3. The van der Waals surface area contributed by atoms with Crippen LogP contribution in [0.25, 0.3) is 10.8 Å². The lowest BCUT2D eigenvalue weighted by molar-refractivity contribution is -0.148. The summed E-state index contributed by atoms with van der Waals surface area (Å²) in [6.45, 7) is 4.13. The van der Waals surface area contributed by atoms with Gasteiger partial charge >= 0.3 is 5.97 Å². The smallest absolute Gasteiger partial charge is 0.323 e. The van der Waals surface area contributed by atoms with E-state index in [0.29, 0.717) is 24.3 Å². The third-order valence-electron chi connectivity index (χ3n) is 5.86. The number of rotatable bonds is 7. The molecule has 0 fully saturated rings. The van der Waals surface area contributed by atoms with Gasteiger partial charge < -0.3 is 10.0 Å². The molecule has 3 aromatic carbocycles. The highest BCUT2D eigenvalue weighted by Gasteiger charge is 2.46. The van der Waals surface area contributed by atoms with Crippen molar-refractivity contribution in [2.45, 2.75) is 25.8 Å². The maximum Gasteiger partial charge on any atom is 0.323 e. The standard InChI is InChI=1S/C26H25N3O3/c1-3-29(23-14-13-20-11-7-8-12-21(20)15-23)24(30)26(2,25(31)32)22-16-27-28(18-22)17-19-9-5-4-6-10-19/h4-16,18H,3,17H2,1-2H3,(H,31,32). The molecule has 0 aliphatic heterocycles. The Morgan fingerprint density at radius 1 is 1.00 bits per heavy atom. The van der Waals surface area contributed by atoms with Gasteiger partial charge in [0.15, 0.2) is 5.41 Å². The van der Waals surface area contributed by atoms with E-state index in [0.717, 1.165) is 16.3 Å². The van der Waals surface area contributed by atoms with Crippen LogP contribution in [0.2, 0.25) is 0 Å². The minimum atomic E-state index is -1.77. The number of fused-ring (bicyclic) bond motifs is 1. The van der Waals surface area contributed by atoms with Crippen LogP contribution in [-0.4, -0.2) is 33.3 Å². The molecule has 1 heterocycles. The fourth-order valence-electron chi connectivity index (χ4n) is 3.88. The lowest BCUT2D eigenvalue weighted by Gasteiger charge is -2.30. The molecule has 0 aliphatic rings. The van der Waals surface area contributed by atoms with Crippen molar-refractivity contribution < 1.29 is 14.7 Å². The average Bonchev–Trinajstić information content (AvgIpc) is 3.28. The quantitative estimate of drug-likeness (QED) is 0.441. The number of aromatic nitrogens is 2. The lowest BCUT2D eigenvalue weighted by atomic mass is 9.82. The Balaban J connectivity index is 1.68. The topological polar surface area (TPSA) is 75.4 Å². The van der Waals surface area contributed by atoms with Gasteiger partial charge in [-0.15, -0.1) is 0 Å². The van der Waals surface area contributed by atoms with Crippen molar-refractivity contribution in [2.24, 2.45) is 0 Å². The van der Waals surface area contributed by atoms with Crippen LogP contribution < -0.4 is 4.90 Å². The third kappa shape index (κ3) is 3.87. The SMILES string of the molecule is CCN(C(=O)C(C)(C(=O)O)c1cnn(Cc2ccccc2)c1)c1ccc2ccccc2c1. The highest BCUT2D eigenvalue weighted by Crippen LogP contribution is 2.31. The molecule has 32 heavy (non-hydrogen) atoms. The normalized spacial score (nSPS) is 12.9. The first-order chi connectivity index (χ1) is 15.4. The fraction of sp³-hybridized carbons (Fsp3) is 0.192. The van der Waals surface area contributed by atoms with E-state index in [9.17, 15) is 14.7 Å². The zero-order valence-corrected chi connectivity index (χ0v) is 18.1. The molecule has 0 spiro atoms. The highest BCUT2D eigenvalue weighted by atomic mass is 16.4. The van der Waals surface area contributed by atoms with E-state index < -0.39 is 17.3 Å². The minimum absolute atomic E-state index is 0.345. The van der Waals surface area contributed by atoms with Crippen molar-refractivity contribution in [2.75, 3.05) is 11.4 Å². The number of aliphatic carboxylic acids is 1. The predicted octanol–water partition coefficient (Wildman–Crippen LogP) is 4.48. The molecule has 4 aromatic rings. The monoisotopic (exact) mass is 427 g/mol. The Kier molecular flexibility index (Phi) is 5.77. The van der Waals surface area contributed by atoms with Crippen molar-refractivity contribution in [3.8, 4) is 0 Å². The van der Waals surface area contributed by atoms with E-state index in [1.54, 1.807) is 10.9 Å².